The van der Waals surface area contributed by atoms with Gasteiger partial charge in [-0.1, -0.05) is 94.6 Å². The Morgan fingerprint density at radius 3 is 1.40 bits per heavy atom. The Kier molecular flexibility index (Phi) is 13.6. The minimum atomic E-state index is -0.345. The average molecular weight is 733 g/mol. The molecule has 0 N–H and O–H groups in total. The summed E-state index contributed by atoms with van der Waals surface area (Å²) in [5.74, 6) is 1.95. The van der Waals surface area contributed by atoms with Gasteiger partial charge in [-0.05, 0) is 127 Å². The fourth-order valence-electron chi connectivity index (χ4n) is 6.58. The molecule has 6 aromatic carbocycles. The molecule has 6 nitrogen and oxygen atoms in total. The molecule has 55 heavy (non-hydrogen) atoms. The molecular weight excluding hydrogens is 681 g/mol. The van der Waals surface area contributed by atoms with E-state index in [9.17, 15) is 4.79 Å². The van der Waals surface area contributed by atoms with Gasteiger partial charge in [-0.15, -0.1) is 0 Å². The normalized spacial score (nSPS) is 10.8. The van der Waals surface area contributed by atoms with Crippen LogP contribution in [-0.4, -0.2) is 19.2 Å². The Hall–Kier alpha value is -6.01. The molecule has 0 aliphatic rings. The van der Waals surface area contributed by atoms with Crippen molar-refractivity contribution in [3.05, 3.63) is 151 Å². The second-order valence-corrected chi connectivity index (χ2v) is 13.6. The van der Waals surface area contributed by atoms with Crippen LogP contribution in [0.5, 0.6) is 17.2 Å². The molecule has 6 heteroatoms. The molecule has 0 atom stereocenters. The standard InChI is InChI=1S/C49H52N2O4/c1-5-8-35-53-46-31-27-43(28-32-46)50(41-16-11-10-12-17-41)42-23-19-38(20-24-42)39-21-25-44(26-22-39)51(45-29-33-47(34-30-45)54-36-9-6-2)48-18-13-15-40(14-7-3)49(48)55-37(4)52/h10-13,15-34H,5-9,14,35-36H2,1-4H3. The van der Waals surface area contributed by atoms with E-state index >= 15 is 0 Å². The van der Waals surface area contributed by atoms with Crippen molar-refractivity contribution in [2.75, 3.05) is 23.0 Å². The Morgan fingerprint density at radius 2 is 0.945 bits per heavy atom. The number of benzene rings is 6. The Morgan fingerprint density at radius 1 is 0.491 bits per heavy atom. The second-order valence-electron chi connectivity index (χ2n) is 13.6. The van der Waals surface area contributed by atoms with Crippen LogP contribution in [0.15, 0.2) is 146 Å². The lowest BCUT2D eigenvalue weighted by atomic mass is 10.0. The van der Waals surface area contributed by atoms with Gasteiger partial charge in [0.25, 0.3) is 0 Å². The zero-order valence-corrected chi connectivity index (χ0v) is 32.5. The first-order valence-electron chi connectivity index (χ1n) is 19.6. The number of hydrogen-bond donors (Lipinski definition) is 0. The van der Waals surface area contributed by atoms with Gasteiger partial charge in [-0.25, -0.2) is 0 Å². The summed E-state index contributed by atoms with van der Waals surface area (Å²) in [6, 6.07) is 50.2. The zero-order valence-electron chi connectivity index (χ0n) is 32.5. The fourth-order valence-corrected chi connectivity index (χ4v) is 6.58. The molecule has 0 saturated heterocycles. The van der Waals surface area contributed by atoms with Gasteiger partial charge in [0, 0.05) is 35.4 Å². The first-order chi connectivity index (χ1) is 27.0. The van der Waals surface area contributed by atoms with Crippen molar-refractivity contribution >= 4 is 40.1 Å². The van der Waals surface area contributed by atoms with Gasteiger partial charge in [0.15, 0.2) is 5.75 Å². The molecule has 0 amide bonds. The summed E-state index contributed by atoms with van der Waals surface area (Å²) >= 11 is 0. The van der Waals surface area contributed by atoms with Crippen molar-refractivity contribution < 1.29 is 19.0 Å². The number of ether oxygens (including phenoxy) is 3. The number of rotatable bonds is 18. The lowest BCUT2D eigenvalue weighted by Crippen LogP contribution is -2.14. The van der Waals surface area contributed by atoms with Gasteiger partial charge in [-0.3, -0.25) is 4.79 Å². The van der Waals surface area contributed by atoms with Gasteiger partial charge < -0.3 is 24.0 Å². The summed E-state index contributed by atoms with van der Waals surface area (Å²) in [7, 11) is 0. The molecule has 6 aromatic rings. The van der Waals surface area contributed by atoms with E-state index in [1.54, 1.807) is 0 Å². The Bertz CT molecular complexity index is 2080. The number of para-hydroxylation sites is 2. The zero-order chi connectivity index (χ0) is 38.4. The van der Waals surface area contributed by atoms with E-state index in [0.29, 0.717) is 12.4 Å². The van der Waals surface area contributed by atoms with Crippen LogP contribution in [0.3, 0.4) is 0 Å². The van der Waals surface area contributed by atoms with Crippen LogP contribution in [0.2, 0.25) is 0 Å². The van der Waals surface area contributed by atoms with Gasteiger partial charge in [-0.2, -0.15) is 0 Å². The van der Waals surface area contributed by atoms with Gasteiger partial charge in [0.1, 0.15) is 11.5 Å². The van der Waals surface area contributed by atoms with Gasteiger partial charge in [0.05, 0.1) is 18.9 Å². The van der Waals surface area contributed by atoms with Crippen LogP contribution in [0.1, 0.15) is 65.4 Å². The second kappa shape index (κ2) is 19.4. The van der Waals surface area contributed by atoms with Crippen molar-refractivity contribution in [2.24, 2.45) is 0 Å². The van der Waals surface area contributed by atoms with Crippen molar-refractivity contribution in [1.82, 2.24) is 0 Å². The predicted molar refractivity (Wildman–Crippen MR) is 227 cm³/mol. The highest BCUT2D eigenvalue weighted by molar-refractivity contribution is 5.85. The fraction of sp³-hybridized carbons (Fsp3) is 0.245. The number of nitrogens with zero attached hydrogens (tertiary/aromatic N) is 2. The lowest BCUT2D eigenvalue weighted by Gasteiger charge is -2.28. The molecule has 0 aliphatic carbocycles. The van der Waals surface area contributed by atoms with E-state index in [1.165, 1.54) is 6.92 Å². The molecule has 282 valence electrons. The maximum atomic E-state index is 12.4. The minimum absolute atomic E-state index is 0.345. The molecule has 0 aliphatic heterocycles. The highest BCUT2D eigenvalue weighted by Crippen LogP contribution is 2.43. The van der Waals surface area contributed by atoms with E-state index in [-0.39, 0.29) is 5.97 Å². The third kappa shape index (κ3) is 9.95. The molecule has 0 fully saturated rings. The number of unbranched alkanes of at least 4 members (excludes halogenated alkanes) is 2. The van der Waals surface area contributed by atoms with E-state index in [0.717, 1.165) is 107 Å². The summed E-state index contributed by atoms with van der Waals surface area (Å²) in [6.07, 6.45) is 5.96. The lowest BCUT2D eigenvalue weighted by molar-refractivity contribution is -0.131. The van der Waals surface area contributed by atoms with Crippen molar-refractivity contribution in [2.45, 2.75) is 66.2 Å². The molecular formula is C49H52N2O4. The van der Waals surface area contributed by atoms with E-state index < -0.39 is 0 Å². The molecule has 0 spiro atoms. The van der Waals surface area contributed by atoms with Crippen molar-refractivity contribution in [3.8, 4) is 28.4 Å². The minimum Gasteiger partial charge on any atom is -0.494 e. The third-order valence-electron chi connectivity index (χ3n) is 9.40. The van der Waals surface area contributed by atoms with Crippen molar-refractivity contribution in [3.63, 3.8) is 0 Å². The SMILES string of the molecule is CCCCOc1ccc(N(c2ccccc2)c2ccc(-c3ccc(N(c4ccc(OCCCC)cc4)c4cccc(CCC)c4OC(C)=O)cc3)cc2)cc1. The molecule has 0 radical (unpaired) electrons. The first kappa shape index (κ1) is 38.7. The van der Waals surface area contributed by atoms with Crippen LogP contribution < -0.4 is 24.0 Å². The van der Waals surface area contributed by atoms with Gasteiger partial charge >= 0.3 is 5.97 Å². The summed E-state index contributed by atoms with van der Waals surface area (Å²) in [5, 5.41) is 0. The molecule has 0 heterocycles. The number of aryl methyl sites for hydroxylation is 1. The van der Waals surface area contributed by atoms with Crippen LogP contribution in [0.25, 0.3) is 11.1 Å². The molecule has 6 rings (SSSR count). The smallest absolute Gasteiger partial charge is 0.308 e. The predicted octanol–water partition coefficient (Wildman–Crippen LogP) is 13.5. The first-order valence-corrected chi connectivity index (χ1v) is 19.6. The summed E-state index contributed by atoms with van der Waals surface area (Å²) in [6.45, 7) is 9.32. The highest BCUT2D eigenvalue weighted by atomic mass is 16.5. The summed E-state index contributed by atoms with van der Waals surface area (Å²) in [4.78, 5) is 16.8. The summed E-state index contributed by atoms with van der Waals surface area (Å²) < 4.78 is 17.9. The van der Waals surface area contributed by atoms with E-state index in [2.05, 4.69) is 128 Å². The molecule has 0 saturated carbocycles. The average Bonchev–Trinajstić information content (AvgIpc) is 3.21. The maximum Gasteiger partial charge on any atom is 0.308 e. The monoisotopic (exact) mass is 732 g/mol. The number of carbonyl (C=O) groups is 1. The molecule has 0 aromatic heterocycles. The van der Waals surface area contributed by atoms with Crippen LogP contribution in [0, 0.1) is 0 Å². The maximum absolute atomic E-state index is 12.4. The summed E-state index contributed by atoms with van der Waals surface area (Å²) in [5.41, 5.74) is 9.08. The molecule has 0 unspecified atom stereocenters. The largest absolute Gasteiger partial charge is 0.494 e. The number of carbonyl (C=O) groups excluding carboxylic acids is 1. The Balaban J connectivity index is 1.32. The number of hydrogen-bond acceptors (Lipinski definition) is 6. The van der Waals surface area contributed by atoms with Crippen LogP contribution in [-0.2, 0) is 11.2 Å². The Labute approximate surface area is 326 Å². The topological polar surface area (TPSA) is 51.2 Å². The van der Waals surface area contributed by atoms with Crippen LogP contribution >= 0.6 is 0 Å². The number of esters is 1. The third-order valence-corrected chi connectivity index (χ3v) is 9.40. The molecule has 0 bridgehead atoms. The number of anilines is 6. The highest BCUT2D eigenvalue weighted by Gasteiger charge is 2.21. The van der Waals surface area contributed by atoms with E-state index in [1.807, 2.05) is 48.5 Å². The van der Waals surface area contributed by atoms with Crippen molar-refractivity contribution in [1.29, 1.82) is 0 Å². The van der Waals surface area contributed by atoms with Gasteiger partial charge in [0.2, 0.25) is 0 Å². The van der Waals surface area contributed by atoms with E-state index in [4.69, 9.17) is 14.2 Å². The quantitative estimate of drug-likeness (QED) is 0.0498. The van der Waals surface area contributed by atoms with Crippen LogP contribution in [0.4, 0.5) is 34.1 Å².